The van der Waals surface area contributed by atoms with Crippen LogP contribution in [-0.4, -0.2) is 20.8 Å². The topological polar surface area (TPSA) is 69.9 Å². The molecule has 0 bridgehead atoms. The van der Waals surface area contributed by atoms with Crippen molar-refractivity contribution in [3.63, 3.8) is 0 Å². The van der Waals surface area contributed by atoms with Crippen LogP contribution in [0.15, 0.2) is 14.7 Å². The van der Waals surface area contributed by atoms with Crippen LogP contribution in [0.4, 0.5) is 0 Å². The lowest BCUT2D eigenvalue weighted by Gasteiger charge is -2.06. The van der Waals surface area contributed by atoms with E-state index in [1.165, 1.54) is 17.3 Å². The lowest BCUT2D eigenvalue weighted by Crippen LogP contribution is -2.18. The molecule has 0 saturated carbocycles. The summed E-state index contributed by atoms with van der Waals surface area (Å²) in [5.41, 5.74) is 9.03. The Balaban J connectivity index is 2.33. The quantitative estimate of drug-likeness (QED) is 0.931. The highest BCUT2D eigenvalue weighted by Crippen LogP contribution is 2.32. The van der Waals surface area contributed by atoms with Gasteiger partial charge in [0.05, 0.1) is 11.4 Å². The Morgan fingerprint density at radius 2 is 2.00 bits per heavy atom. The van der Waals surface area contributed by atoms with Crippen LogP contribution in [-0.2, 0) is 13.5 Å². The van der Waals surface area contributed by atoms with Crippen LogP contribution < -0.4 is 5.73 Å². The summed E-state index contributed by atoms with van der Waals surface area (Å²) in [5, 5.41) is 6.17. The molecule has 2 heterocycles. The van der Waals surface area contributed by atoms with Crippen molar-refractivity contribution in [1.82, 2.24) is 14.8 Å². The predicted octanol–water partition coefficient (Wildman–Crippen LogP) is 2.37. The van der Waals surface area contributed by atoms with Gasteiger partial charge in [-0.3, -0.25) is 4.68 Å². The number of oxazole rings is 1. The molecule has 2 aromatic heterocycles. The highest BCUT2D eigenvalue weighted by molar-refractivity contribution is 7.99. The highest BCUT2D eigenvalue weighted by Gasteiger charge is 2.18. The van der Waals surface area contributed by atoms with E-state index in [0.717, 1.165) is 28.6 Å². The van der Waals surface area contributed by atoms with Gasteiger partial charge in [0, 0.05) is 18.7 Å². The van der Waals surface area contributed by atoms with Gasteiger partial charge in [0.1, 0.15) is 10.8 Å². The summed E-state index contributed by atoms with van der Waals surface area (Å²) < 4.78 is 7.49. The van der Waals surface area contributed by atoms with Crippen LogP contribution in [0.2, 0.25) is 0 Å². The van der Waals surface area contributed by atoms with Gasteiger partial charge in [0.2, 0.25) is 0 Å². The fourth-order valence-electron chi connectivity index (χ4n) is 1.94. The van der Waals surface area contributed by atoms with Crippen molar-refractivity contribution in [2.45, 2.75) is 50.4 Å². The van der Waals surface area contributed by atoms with Crippen molar-refractivity contribution in [3.8, 4) is 0 Å². The smallest absolute Gasteiger partial charge is 0.262 e. The second kappa shape index (κ2) is 5.38. The Morgan fingerprint density at radius 3 is 2.53 bits per heavy atom. The Morgan fingerprint density at radius 1 is 1.32 bits per heavy atom. The largest absolute Gasteiger partial charge is 0.436 e. The molecule has 0 saturated heterocycles. The first-order valence-electron chi connectivity index (χ1n) is 6.28. The summed E-state index contributed by atoms with van der Waals surface area (Å²) in [6.45, 7) is 7.87. The number of rotatable bonds is 4. The first-order valence-corrected chi connectivity index (χ1v) is 7.10. The number of nitrogens with two attached hydrogens (primary N) is 1. The Hall–Kier alpha value is -1.27. The van der Waals surface area contributed by atoms with E-state index in [4.69, 9.17) is 10.2 Å². The van der Waals surface area contributed by atoms with Gasteiger partial charge in [-0.25, -0.2) is 4.98 Å². The third-order valence-corrected chi connectivity index (χ3v) is 4.06. The molecule has 1 atom stereocenters. The number of nitrogens with zero attached hydrogens (tertiary/aromatic N) is 3. The normalized spacial score (nSPS) is 12.9. The van der Waals surface area contributed by atoms with Crippen LogP contribution in [0.5, 0.6) is 0 Å². The zero-order chi connectivity index (χ0) is 14.2. The molecule has 6 heteroatoms. The molecule has 2 N–H and O–H groups in total. The number of aryl methyl sites for hydroxylation is 4. The maximum atomic E-state index is 5.91. The van der Waals surface area contributed by atoms with Crippen molar-refractivity contribution in [2.24, 2.45) is 12.8 Å². The van der Waals surface area contributed by atoms with E-state index in [2.05, 4.69) is 10.1 Å². The maximum Gasteiger partial charge on any atom is 0.262 e. The van der Waals surface area contributed by atoms with Gasteiger partial charge in [-0.2, -0.15) is 5.10 Å². The molecule has 1 unspecified atom stereocenters. The first-order chi connectivity index (χ1) is 8.88. The molecular formula is C13H20N4OS. The molecule has 0 aliphatic carbocycles. The van der Waals surface area contributed by atoms with Gasteiger partial charge in [-0.15, -0.1) is 0 Å². The predicted molar refractivity (Wildman–Crippen MR) is 75.4 cm³/mol. The summed E-state index contributed by atoms with van der Waals surface area (Å²) in [5.74, 6) is 0.857. The second-order valence-electron chi connectivity index (χ2n) is 4.90. The van der Waals surface area contributed by atoms with Crippen molar-refractivity contribution in [1.29, 1.82) is 0 Å². The third-order valence-electron chi connectivity index (χ3n) is 3.01. The molecule has 104 valence electrons. The van der Waals surface area contributed by atoms with Crippen molar-refractivity contribution < 1.29 is 4.42 Å². The Kier molecular flexibility index (Phi) is 4.01. The summed E-state index contributed by atoms with van der Waals surface area (Å²) in [6.07, 6.45) is 0.806. The van der Waals surface area contributed by atoms with Gasteiger partial charge >= 0.3 is 0 Å². The lowest BCUT2D eigenvalue weighted by molar-refractivity contribution is 0.430. The third kappa shape index (κ3) is 3.01. The molecule has 2 rings (SSSR count). The minimum absolute atomic E-state index is 0.107. The average Bonchev–Trinajstić information content (AvgIpc) is 2.73. The zero-order valence-electron chi connectivity index (χ0n) is 12.0. The molecule has 0 radical (unpaired) electrons. The lowest BCUT2D eigenvalue weighted by atomic mass is 10.1. The monoisotopic (exact) mass is 280 g/mol. The van der Waals surface area contributed by atoms with Gasteiger partial charge in [-0.1, -0.05) is 0 Å². The fourth-order valence-corrected chi connectivity index (χ4v) is 2.98. The number of hydrogen-bond acceptors (Lipinski definition) is 5. The molecule has 0 aromatic carbocycles. The van der Waals surface area contributed by atoms with E-state index in [-0.39, 0.29) is 6.04 Å². The standard InChI is InChI=1S/C13H20N4OS/c1-7(14)6-11-9(3)16-17(5)12(11)19-13-15-8(2)10(4)18-13/h7H,6,14H2,1-5H3. The first kappa shape index (κ1) is 14.1. The van der Waals surface area contributed by atoms with Crippen LogP contribution in [0.1, 0.15) is 29.6 Å². The molecule has 19 heavy (non-hydrogen) atoms. The van der Waals surface area contributed by atoms with E-state index in [9.17, 15) is 0 Å². The zero-order valence-corrected chi connectivity index (χ0v) is 12.8. The van der Waals surface area contributed by atoms with Gasteiger partial charge < -0.3 is 10.2 Å². The van der Waals surface area contributed by atoms with Gasteiger partial charge in [0.25, 0.3) is 5.22 Å². The molecule has 0 fully saturated rings. The van der Waals surface area contributed by atoms with Crippen molar-refractivity contribution in [2.75, 3.05) is 0 Å². The maximum absolute atomic E-state index is 5.91. The van der Waals surface area contributed by atoms with Gasteiger partial charge in [-0.05, 0) is 45.9 Å². The van der Waals surface area contributed by atoms with Crippen molar-refractivity contribution >= 4 is 11.8 Å². The summed E-state index contributed by atoms with van der Waals surface area (Å²) in [6, 6.07) is 0.107. The van der Waals surface area contributed by atoms with Crippen LogP contribution in [0.25, 0.3) is 0 Å². The molecule has 0 aliphatic rings. The van der Waals surface area contributed by atoms with Gasteiger partial charge in [0.15, 0.2) is 0 Å². The van der Waals surface area contributed by atoms with E-state index in [1.807, 2.05) is 39.4 Å². The molecule has 5 nitrogen and oxygen atoms in total. The fraction of sp³-hybridized carbons (Fsp3) is 0.538. The summed E-state index contributed by atoms with van der Waals surface area (Å²) in [4.78, 5) is 4.40. The van der Waals surface area contributed by atoms with Crippen LogP contribution >= 0.6 is 11.8 Å². The number of hydrogen-bond donors (Lipinski definition) is 1. The van der Waals surface area contributed by atoms with E-state index in [1.54, 1.807) is 0 Å². The molecule has 0 spiro atoms. The number of aromatic nitrogens is 3. The summed E-state index contributed by atoms with van der Waals surface area (Å²) in [7, 11) is 1.93. The minimum atomic E-state index is 0.107. The van der Waals surface area contributed by atoms with Crippen LogP contribution in [0.3, 0.4) is 0 Å². The van der Waals surface area contributed by atoms with E-state index < -0.39 is 0 Å². The highest BCUT2D eigenvalue weighted by atomic mass is 32.2. The molecule has 2 aromatic rings. The average molecular weight is 280 g/mol. The molecule has 0 amide bonds. The second-order valence-corrected chi connectivity index (χ2v) is 5.84. The van der Waals surface area contributed by atoms with Crippen LogP contribution in [0, 0.1) is 20.8 Å². The van der Waals surface area contributed by atoms with Crippen molar-refractivity contribution in [3.05, 3.63) is 22.7 Å². The minimum Gasteiger partial charge on any atom is -0.436 e. The Labute approximate surface area is 117 Å². The molecule has 0 aliphatic heterocycles. The Bertz CT molecular complexity index is 566. The van der Waals surface area contributed by atoms with E-state index >= 15 is 0 Å². The molecular weight excluding hydrogens is 260 g/mol. The SMILES string of the molecule is Cc1nc(Sc2c(CC(C)N)c(C)nn2C)oc1C. The van der Waals surface area contributed by atoms with E-state index in [0.29, 0.717) is 5.22 Å². The summed E-state index contributed by atoms with van der Waals surface area (Å²) >= 11 is 1.51.